The van der Waals surface area contributed by atoms with Gasteiger partial charge in [0.2, 0.25) is 5.88 Å². The number of pyridine rings is 2. The molecule has 0 saturated carbocycles. The molecule has 1 amide bonds. The van der Waals surface area contributed by atoms with Gasteiger partial charge in [-0.25, -0.2) is 4.98 Å². The van der Waals surface area contributed by atoms with Crippen molar-refractivity contribution in [3.8, 4) is 5.88 Å². The van der Waals surface area contributed by atoms with Gasteiger partial charge in [0.05, 0.1) is 10.0 Å². The van der Waals surface area contributed by atoms with Crippen LogP contribution in [0.3, 0.4) is 0 Å². The van der Waals surface area contributed by atoms with E-state index >= 15 is 0 Å². The molecule has 21 heavy (non-hydrogen) atoms. The summed E-state index contributed by atoms with van der Waals surface area (Å²) in [6.45, 7) is 0.000340. The van der Waals surface area contributed by atoms with E-state index in [4.69, 9.17) is 33.7 Å². The van der Waals surface area contributed by atoms with Crippen LogP contribution < -0.4 is 21.3 Å². The number of rotatable bonds is 0. The Labute approximate surface area is 129 Å². The van der Waals surface area contributed by atoms with Gasteiger partial charge in [-0.1, -0.05) is 23.2 Å². The number of amides is 1. The number of H-pyrrole nitrogens is 1. The third-order valence-electron chi connectivity index (χ3n) is 2.42. The van der Waals surface area contributed by atoms with Crippen molar-refractivity contribution in [3.05, 3.63) is 44.9 Å². The van der Waals surface area contributed by atoms with Crippen LogP contribution in [0.1, 0.15) is 0 Å². The third kappa shape index (κ3) is 3.65. The van der Waals surface area contributed by atoms with Crippen LogP contribution in [-0.2, 0) is 4.79 Å². The highest BCUT2D eigenvalue weighted by atomic mass is 35.5. The molecule has 3 heterocycles. The van der Waals surface area contributed by atoms with Crippen LogP contribution in [0.4, 0.5) is 11.4 Å². The molecule has 1 aliphatic heterocycles. The van der Waals surface area contributed by atoms with Crippen LogP contribution in [0.5, 0.6) is 5.88 Å². The van der Waals surface area contributed by atoms with Gasteiger partial charge in [-0.15, -0.1) is 0 Å². The Hall–Kier alpha value is -2.25. The molecule has 0 saturated heterocycles. The monoisotopic (exact) mass is 328 g/mol. The van der Waals surface area contributed by atoms with E-state index in [1.54, 1.807) is 6.07 Å². The Balaban J connectivity index is 0.000000161. The molecule has 7 nitrogen and oxygen atoms in total. The molecule has 0 aromatic carbocycles. The second-order valence-corrected chi connectivity index (χ2v) is 4.69. The molecule has 0 bridgehead atoms. The number of fused-ring (bicyclic) bond motifs is 1. The fourth-order valence-electron chi connectivity index (χ4n) is 1.42. The summed E-state index contributed by atoms with van der Waals surface area (Å²) in [6, 6.07) is 3.12. The summed E-state index contributed by atoms with van der Waals surface area (Å²) in [5.74, 6) is 0.166. The van der Waals surface area contributed by atoms with E-state index in [1.807, 2.05) is 0 Å². The van der Waals surface area contributed by atoms with Gasteiger partial charge in [-0.3, -0.25) is 9.59 Å². The summed E-state index contributed by atoms with van der Waals surface area (Å²) >= 11 is 11.2. The normalized spacial score (nSPS) is 12.4. The summed E-state index contributed by atoms with van der Waals surface area (Å²) < 4.78 is 5.01. The zero-order chi connectivity index (χ0) is 15.4. The van der Waals surface area contributed by atoms with Crippen LogP contribution in [0.25, 0.3) is 0 Å². The molecule has 0 radical (unpaired) electrons. The number of carbonyl (C=O) groups is 1. The second-order valence-electron chi connectivity index (χ2n) is 3.88. The molecule has 9 heteroatoms. The molecular weight excluding hydrogens is 319 g/mol. The number of nitrogen functional groups attached to an aromatic ring is 1. The summed E-state index contributed by atoms with van der Waals surface area (Å²) in [5, 5.41) is 3.30. The lowest BCUT2D eigenvalue weighted by atomic mass is 10.3. The topological polar surface area (TPSA) is 110 Å². The van der Waals surface area contributed by atoms with Crippen LogP contribution in [0.15, 0.2) is 29.3 Å². The minimum absolute atomic E-state index is 0.000340. The molecular formula is C12H10Cl2N4O3. The predicted molar refractivity (Wildman–Crippen MR) is 79.9 cm³/mol. The van der Waals surface area contributed by atoms with Crippen molar-refractivity contribution < 1.29 is 9.53 Å². The number of nitrogens with one attached hydrogen (secondary N) is 2. The molecule has 0 fully saturated rings. The van der Waals surface area contributed by atoms with Gasteiger partial charge in [-0.05, 0) is 12.1 Å². The van der Waals surface area contributed by atoms with E-state index in [-0.39, 0.29) is 23.8 Å². The molecule has 1 aliphatic rings. The fourth-order valence-corrected chi connectivity index (χ4v) is 1.75. The predicted octanol–water partition coefficient (Wildman–Crippen LogP) is 1.68. The van der Waals surface area contributed by atoms with Crippen molar-refractivity contribution in [3.63, 3.8) is 0 Å². The van der Waals surface area contributed by atoms with E-state index in [1.165, 1.54) is 18.5 Å². The second kappa shape index (κ2) is 6.47. The smallest absolute Gasteiger partial charge is 0.272 e. The Morgan fingerprint density at radius 1 is 1.24 bits per heavy atom. The molecule has 0 unspecified atom stereocenters. The van der Waals surface area contributed by atoms with E-state index in [0.717, 1.165) is 0 Å². The number of hydrogen-bond donors (Lipinski definition) is 3. The standard InChI is InChI=1S/C7H5ClN2O2.C5H5ClN2O/c8-4-1-2-9-7-6(4)10-5(11)3-12-7;6-3-1-2-8-5(9)4(3)7/h1-2H,3H2,(H,10,11);1-2H,7H2,(H,8,9). The quantitative estimate of drug-likeness (QED) is 0.681. The van der Waals surface area contributed by atoms with E-state index in [0.29, 0.717) is 21.6 Å². The number of aromatic nitrogens is 2. The van der Waals surface area contributed by atoms with Crippen molar-refractivity contribution >= 4 is 40.5 Å². The maximum absolute atomic E-state index is 10.9. The Morgan fingerprint density at radius 2 is 2.00 bits per heavy atom. The zero-order valence-corrected chi connectivity index (χ0v) is 12.0. The molecule has 3 rings (SSSR count). The minimum atomic E-state index is -0.345. The zero-order valence-electron chi connectivity index (χ0n) is 10.5. The first-order valence-electron chi connectivity index (χ1n) is 5.69. The summed E-state index contributed by atoms with van der Waals surface area (Å²) in [4.78, 5) is 27.7. The lowest BCUT2D eigenvalue weighted by Gasteiger charge is -2.16. The molecule has 4 N–H and O–H groups in total. The van der Waals surface area contributed by atoms with Crippen molar-refractivity contribution in [2.45, 2.75) is 0 Å². The Morgan fingerprint density at radius 3 is 2.67 bits per heavy atom. The Bertz CT molecular complexity index is 733. The van der Waals surface area contributed by atoms with E-state index in [2.05, 4.69) is 15.3 Å². The average Bonchev–Trinajstić information content (AvgIpc) is 2.46. The third-order valence-corrected chi connectivity index (χ3v) is 3.06. The van der Waals surface area contributed by atoms with Gasteiger partial charge in [0, 0.05) is 12.4 Å². The highest BCUT2D eigenvalue weighted by Gasteiger charge is 2.18. The van der Waals surface area contributed by atoms with Crippen LogP contribution in [0.2, 0.25) is 10.0 Å². The first kappa shape index (κ1) is 15.1. The highest BCUT2D eigenvalue weighted by molar-refractivity contribution is 6.34. The van der Waals surface area contributed by atoms with Crippen LogP contribution in [-0.4, -0.2) is 22.5 Å². The number of nitrogens with zero attached hydrogens (tertiary/aromatic N) is 1. The van der Waals surface area contributed by atoms with Crippen molar-refractivity contribution in [2.24, 2.45) is 0 Å². The maximum atomic E-state index is 10.9. The van der Waals surface area contributed by atoms with Crippen molar-refractivity contribution in [2.75, 3.05) is 17.7 Å². The van der Waals surface area contributed by atoms with E-state index < -0.39 is 0 Å². The van der Waals surface area contributed by atoms with Gasteiger partial charge in [-0.2, -0.15) is 0 Å². The highest BCUT2D eigenvalue weighted by Crippen LogP contribution is 2.31. The minimum Gasteiger partial charge on any atom is -0.466 e. The molecule has 2 aromatic heterocycles. The molecule has 0 spiro atoms. The summed E-state index contributed by atoms with van der Waals surface area (Å²) in [5.41, 5.74) is 5.38. The fraction of sp³-hybridized carbons (Fsp3) is 0.0833. The number of hydrogen-bond acceptors (Lipinski definition) is 5. The SMILES string of the molecule is Nc1c(Cl)cc[nH]c1=O.O=C1COc2nccc(Cl)c2N1. The number of ether oxygens (including phenoxy) is 1. The van der Waals surface area contributed by atoms with Crippen LogP contribution >= 0.6 is 23.2 Å². The van der Waals surface area contributed by atoms with E-state index in [9.17, 15) is 9.59 Å². The van der Waals surface area contributed by atoms with Crippen molar-refractivity contribution in [1.29, 1.82) is 0 Å². The van der Waals surface area contributed by atoms with Gasteiger partial charge in [0.1, 0.15) is 11.4 Å². The lowest BCUT2D eigenvalue weighted by molar-refractivity contribution is -0.118. The van der Waals surface area contributed by atoms with Gasteiger partial charge in [0.25, 0.3) is 11.5 Å². The van der Waals surface area contributed by atoms with Crippen molar-refractivity contribution in [1.82, 2.24) is 9.97 Å². The van der Waals surface area contributed by atoms with Gasteiger partial charge >= 0.3 is 0 Å². The number of anilines is 2. The summed E-state index contributed by atoms with van der Waals surface area (Å²) in [7, 11) is 0. The first-order chi connectivity index (χ1) is 9.99. The first-order valence-corrected chi connectivity index (χ1v) is 6.44. The van der Waals surface area contributed by atoms with Crippen LogP contribution in [0, 0.1) is 0 Å². The molecule has 110 valence electrons. The van der Waals surface area contributed by atoms with Gasteiger partial charge in [0.15, 0.2) is 6.61 Å². The number of carbonyl (C=O) groups excluding carboxylic acids is 1. The largest absolute Gasteiger partial charge is 0.466 e. The van der Waals surface area contributed by atoms with Gasteiger partial charge < -0.3 is 20.8 Å². The number of nitrogens with two attached hydrogens (primary N) is 1. The molecule has 2 aromatic rings. The number of aromatic amines is 1. The maximum Gasteiger partial charge on any atom is 0.272 e. The number of halogens is 2. The molecule has 0 aliphatic carbocycles. The molecule has 0 atom stereocenters. The average molecular weight is 329 g/mol. The Kier molecular flexibility index (Phi) is 4.66. The summed E-state index contributed by atoms with van der Waals surface area (Å²) in [6.07, 6.45) is 2.97. The lowest BCUT2D eigenvalue weighted by Crippen LogP contribution is -2.26.